The van der Waals surface area contributed by atoms with Crippen LogP contribution in [0.5, 0.6) is 5.75 Å². The molecule has 208 valence electrons. The number of para-hydroxylation sites is 1. The average molecular weight is 536 g/mol. The molecule has 0 unspecified atom stereocenters. The number of morpholine rings is 1. The molecule has 0 atom stereocenters. The Morgan fingerprint density at radius 1 is 1.08 bits per heavy atom. The molecule has 2 fully saturated rings. The molecule has 0 aliphatic carbocycles. The van der Waals surface area contributed by atoms with Crippen molar-refractivity contribution in [2.45, 2.75) is 39.8 Å². The second-order valence-corrected chi connectivity index (χ2v) is 10.4. The first-order valence-electron chi connectivity index (χ1n) is 13.6. The topological polar surface area (TPSA) is 109 Å². The first kappa shape index (κ1) is 26.8. The van der Waals surface area contributed by atoms with Crippen LogP contribution < -0.4 is 15.6 Å². The lowest BCUT2D eigenvalue weighted by molar-refractivity contribution is 0.0397. The summed E-state index contributed by atoms with van der Waals surface area (Å²) >= 11 is 0. The lowest BCUT2D eigenvalue weighted by Gasteiger charge is -2.37. The fourth-order valence-electron chi connectivity index (χ4n) is 5.77. The SMILES string of the molecule is COc1cc(C)[nH]c(=O)c1CNC(=O)c1c(C)n(CC2CCN(C(=O)N3CCOCC3)CC2)c2ccccc12. The van der Waals surface area contributed by atoms with Gasteiger partial charge in [-0.2, -0.15) is 0 Å². The molecule has 2 N–H and O–H groups in total. The van der Waals surface area contributed by atoms with Crippen molar-refractivity contribution in [3.8, 4) is 5.75 Å². The number of aromatic nitrogens is 2. The van der Waals surface area contributed by atoms with Crippen LogP contribution >= 0.6 is 0 Å². The van der Waals surface area contributed by atoms with E-state index in [-0.39, 0.29) is 24.0 Å². The lowest BCUT2D eigenvalue weighted by Crippen LogP contribution is -2.50. The summed E-state index contributed by atoms with van der Waals surface area (Å²) in [4.78, 5) is 45.5. The number of fused-ring (bicyclic) bond motifs is 1. The molecule has 39 heavy (non-hydrogen) atoms. The van der Waals surface area contributed by atoms with Crippen molar-refractivity contribution in [1.29, 1.82) is 0 Å². The zero-order valence-corrected chi connectivity index (χ0v) is 22.9. The maximum atomic E-state index is 13.5. The first-order chi connectivity index (χ1) is 18.9. The highest BCUT2D eigenvalue weighted by Gasteiger charge is 2.29. The van der Waals surface area contributed by atoms with Gasteiger partial charge in [0.05, 0.1) is 38.0 Å². The van der Waals surface area contributed by atoms with Crippen molar-refractivity contribution in [2.75, 3.05) is 46.5 Å². The molecule has 2 aliphatic heterocycles. The number of hydrogen-bond acceptors (Lipinski definition) is 5. The van der Waals surface area contributed by atoms with Gasteiger partial charge in [0.2, 0.25) is 0 Å². The molecule has 1 aromatic carbocycles. The number of urea groups is 1. The summed E-state index contributed by atoms with van der Waals surface area (Å²) in [5, 5.41) is 3.83. The van der Waals surface area contributed by atoms with E-state index in [0.717, 1.165) is 49.1 Å². The fourth-order valence-corrected chi connectivity index (χ4v) is 5.77. The number of pyridine rings is 1. The number of amides is 3. The van der Waals surface area contributed by atoms with Gasteiger partial charge < -0.3 is 34.1 Å². The minimum absolute atomic E-state index is 0.0617. The van der Waals surface area contributed by atoms with E-state index in [0.29, 0.717) is 54.8 Å². The van der Waals surface area contributed by atoms with Crippen molar-refractivity contribution < 1.29 is 19.1 Å². The number of nitrogens with one attached hydrogen (secondary N) is 2. The number of carbonyl (C=O) groups excluding carboxylic acids is 2. The minimum Gasteiger partial charge on any atom is -0.496 e. The van der Waals surface area contributed by atoms with Crippen LogP contribution in [-0.2, 0) is 17.8 Å². The lowest BCUT2D eigenvalue weighted by atomic mass is 9.96. The largest absolute Gasteiger partial charge is 0.496 e. The summed E-state index contributed by atoms with van der Waals surface area (Å²) in [5.74, 6) is 0.629. The van der Waals surface area contributed by atoms with E-state index >= 15 is 0 Å². The number of methoxy groups -OCH3 is 1. The Morgan fingerprint density at radius 3 is 2.49 bits per heavy atom. The number of carbonyl (C=O) groups is 2. The predicted molar refractivity (Wildman–Crippen MR) is 148 cm³/mol. The van der Waals surface area contributed by atoms with Crippen LogP contribution in [0.4, 0.5) is 4.79 Å². The zero-order chi connectivity index (χ0) is 27.5. The van der Waals surface area contributed by atoms with E-state index in [1.807, 2.05) is 41.0 Å². The Bertz CT molecular complexity index is 1410. The van der Waals surface area contributed by atoms with Crippen molar-refractivity contribution in [1.82, 2.24) is 24.7 Å². The van der Waals surface area contributed by atoms with E-state index in [1.54, 1.807) is 13.0 Å². The maximum absolute atomic E-state index is 13.5. The molecule has 3 aromatic rings. The number of benzene rings is 1. The van der Waals surface area contributed by atoms with Gasteiger partial charge in [-0.05, 0) is 44.7 Å². The summed E-state index contributed by atoms with van der Waals surface area (Å²) in [7, 11) is 1.51. The predicted octanol–water partition coefficient (Wildman–Crippen LogP) is 3.05. The Balaban J connectivity index is 1.30. The highest BCUT2D eigenvalue weighted by molar-refractivity contribution is 6.08. The summed E-state index contributed by atoms with van der Waals surface area (Å²) in [6, 6.07) is 9.80. The Kier molecular flexibility index (Phi) is 7.92. The van der Waals surface area contributed by atoms with E-state index in [1.165, 1.54) is 7.11 Å². The van der Waals surface area contributed by atoms with E-state index in [9.17, 15) is 14.4 Å². The molecule has 10 heteroatoms. The van der Waals surface area contributed by atoms with Crippen LogP contribution in [0.2, 0.25) is 0 Å². The number of ether oxygens (including phenoxy) is 2. The van der Waals surface area contributed by atoms with Crippen molar-refractivity contribution in [2.24, 2.45) is 5.92 Å². The molecule has 0 radical (unpaired) electrons. The molecule has 0 saturated carbocycles. The molecular weight excluding hydrogens is 498 g/mol. The third-order valence-electron chi connectivity index (χ3n) is 7.94. The summed E-state index contributed by atoms with van der Waals surface area (Å²) < 4.78 is 13.0. The van der Waals surface area contributed by atoms with Crippen LogP contribution in [0, 0.1) is 19.8 Å². The Hall–Kier alpha value is -3.79. The van der Waals surface area contributed by atoms with Gasteiger partial charge in [-0.3, -0.25) is 9.59 Å². The van der Waals surface area contributed by atoms with Crippen molar-refractivity contribution in [3.63, 3.8) is 0 Å². The second-order valence-electron chi connectivity index (χ2n) is 10.4. The monoisotopic (exact) mass is 535 g/mol. The number of nitrogens with zero attached hydrogens (tertiary/aromatic N) is 3. The summed E-state index contributed by atoms with van der Waals surface area (Å²) in [6.07, 6.45) is 1.83. The molecule has 4 heterocycles. The highest BCUT2D eigenvalue weighted by atomic mass is 16.5. The number of aryl methyl sites for hydroxylation is 1. The highest BCUT2D eigenvalue weighted by Crippen LogP contribution is 2.29. The number of rotatable bonds is 6. The third kappa shape index (κ3) is 5.52. The van der Waals surface area contributed by atoms with E-state index in [2.05, 4.69) is 14.9 Å². The quantitative estimate of drug-likeness (QED) is 0.504. The molecule has 5 rings (SSSR count). The number of likely N-dealkylation sites (tertiary alicyclic amines) is 1. The molecule has 2 saturated heterocycles. The molecule has 2 aliphatic rings. The minimum atomic E-state index is -0.273. The smallest absolute Gasteiger partial charge is 0.320 e. The van der Waals surface area contributed by atoms with Crippen LogP contribution in [0.1, 0.15) is 40.2 Å². The van der Waals surface area contributed by atoms with Gasteiger partial charge in [0.15, 0.2) is 0 Å². The van der Waals surface area contributed by atoms with E-state index in [4.69, 9.17) is 9.47 Å². The number of hydrogen-bond donors (Lipinski definition) is 2. The number of aromatic amines is 1. The average Bonchev–Trinajstić information content (AvgIpc) is 3.23. The fraction of sp³-hybridized carbons (Fsp3) is 0.483. The van der Waals surface area contributed by atoms with Gasteiger partial charge in [-0.15, -0.1) is 0 Å². The molecule has 0 bridgehead atoms. The molecular formula is C29H37N5O5. The third-order valence-corrected chi connectivity index (χ3v) is 7.94. The van der Waals surface area contributed by atoms with Gasteiger partial charge >= 0.3 is 6.03 Å². The standard InChI is InChI=1S/C29H37N5O5/c1-19-16-25(38-3)23(27(35)31-19)17-30-28(36)26-20(2)34(24-7-5-4-6-22(24)26)18-21-8-10-32(11-9-21)29(37)33-12-14-39-15-13-33/h4-7,16,21H,8-15,17-18H2,1-3H3,(H,30,36)(H,31,35). The maximum Gasteiger partial charge on any atom is 0.320 e. The molecule has 2 aromatic heterocycles. The number of piperidine rings is 1. The van der Waals surface area contributed by atoms with Crippen LogP contribution in [0.15, 0.2) is 35.1 Å². The van der Waals surface area contributed by atoms with Crippen LogP contribution in [-0.4, -0.2) is 77.8 Å². The van der Waals surface area contributed by atoms with Crippen LogP contribution in [0.3, 0.4) is 0 Å². The number of H-pyrrole nitrogens is 1. The van der Waals surface area contributed by atoms with E-state index < -0.39 is 0 Å². The summed E-state index contributed by atoms with van der Waals surface area (Å²) in [5.41, 5.74) is 3.33. The van der Waals surface area contributed by atoms with Gasteiger partial charge in [0.1, 0.15) is 5.75 Å². The Labute approximate surface area is 227 Å². The van der Waals surface area contributed by atoms with Crippen LogP contribution in [0.25, 0.3) is 10.9 Å². The van der Waals surface area contributed by atoms with Crippen molar-refractivity contribution in [3.05, 3.63) is 63.2 Å². The van der Waals surface area contributed by atoms with Gasteiger partial charge in [-0.25, -0.2) is 4.79 Å². The molecule has 0 spiro atoms. The molecule has 10 nitrogen and oxygen atoms in total. The normalized spacial score (nSPS) is 16.5. The van der Waals surface area contributed by atoms with Crippen molar-refractivity contribution >= 4 is 22.8 Å². The second kappa shape index (κ2) is 11.5. The van der Waals surface area contributed by atoms with Gasteiger partial charge in [0, 0.05) is 55.0 Å². The summed E-state index contributed by atoms with van der Waals surface area (Å²) in [6.45, 7) is 8.60. The Morgan fingerprint density at radius 2 is 1.77 bits per heavy atom. The van der Waals surface area contributed by atoms with Gasteiger partial charge in [0.25, 0.3) is 11.5 Å². The zero-order valence-electron chi connectivity index (χ0n) is 22.9. The first-order valence-corrected chi connectivity index (χ1v) is 13.6. The molecule has 3 amide bonds. The van der Waals surface area contributed by atoms with Gasteiger partial charge in [-0.1, -0.05) is 18.2 Å².